The van der Waals surface area contributed by atoms with Gasteiger partial charge in [-0.05, 0) is 18.6 Å². The molecule has 17 heavy (non-hydrogen) atoms. The van der Waals surface area contributed by atoms with Gasteiger partial charge >= 0.3 is 5.97 Å². The van der Waals surface area contributed by atoms with Crippen LogP contribution in [-0.4, -0.2) is 20.9 Å². The first-order chi connectivity index (χ1) is 8.06. The van der Waals surface area contributed by atoms with Gasteiger partial charge in [-0.2, -0.15) is 5.10 Å². The Bertz CT molecular complexity index is 563. The molecule has 0 amide bonds. The van der Waals surface area contributed by atoms with Gasteiger partial charge in [0.05, 0.1) is 6.20 Å². The lowest BCUT2D eigenvalue weighted by Gasteiger charge is -2.02. The van der Waals surface area contributed by atoms with Gasteiger partial charge in [0.25, 0.3) is 0 Å². The molecule has 5 heteroatoms. The summed E-state index contributed by atoms with van der Waals surface area (Å²) in [5.74, 6) is -0.922. The van der Waals surface area contributed by atoms with Gasteiger partial charge in [0, 0.05) is 22.3 Å². The second-order valence-corrected chi connectivity index (χ2v) is 4.21. The van der Waals surface area contributed by atoms with Crippen LogP contribution in [0, 0.1) is 6.92 Å². The van der Waals surface area contributed by atoms with Crippen LogP contribution in [0.4, 0.5) is 0 Å². The molecule has 0 saturated carbocycles. The van der Waals surface area contributed by atoms with Gasteiger partial charge in [-0.15, -0.1) is 0 Å². The van der Waals surface area contributed by atoms with Crippen molar-refractivity contribution in [1.82, 2.24) is 9.78 Å². The molecule has 0 unspecified atom stereocenters. The summed E-state index contributed by atoms with van der Waals surface area (Å²) in [5, 5.41) is 13.3. The number of nitrogens with zero attached hydrogens (tertiary/aromatic N) is 2. The van der Waals surface area contributed by atoms with E-state index in [2.05, 4.69) is 5.10 Å². The van der Waals surface area contributed by atoms with E-state index in [4.69, 9.17) is 16.7 Å². The van der Waals surface area contributed by atoms with E-state index in [1.54, 1.807) is 12.4 Å². The standard InChI is InChI=1S/C12H11ClN2O2/c1-8-2-3-10(11(13)4-8)9-5-14-15(6-9)7-12(16)17/h2-6H,7H2,1H3,(H,16,17). The fraction of sp³-hybridized carbons (Fsp3) is 0.167. The normalized spacial score (nSPS) is 10.5. The fourth-order valence-corrected chi connectivity index (χ4v) is 1.93. The summed E-state index contributed by atoms with van der Waals surface area (Å²) in [6.07, 6.45) is 3.28. The maximum atomic E-state index is 10.5. The summed E-state index contributed by atoms with van der Waals surface area (Å²) in [6.45, 7) is 1.81. The maximum Gasteiger partial charge on any atom is 0.325 e. The average molecular weight is 251 g/mol. The molecule has 0 atom stereocenters. The van der Waals surface area contributed by atoms with Crippen LogP contribution in [0.25, 0.3) is 11.1 Å². The minimum Gasteiger partial charge on any atom is -0.480 e. The van der Waals surface area contributed by atoms with E-state index in [1.165, 1.54) is 4.68 Å². The number of rotatable bonds is 3. The van der Waals surface area contributed by atoms with Gasteiger partial charge in [0.2, 0.25) is 0 Å². The smallest absolute Gasteiger partial charge is 0.325 e. The van der Waals surface area contributed by atoms with Crippen LogP contribution in [0.1, 0.15) is 5.56 Å². The van der Waals surface area contributed by atoms with Crippen LogP contribution >= 0.6 is 11.6 Å². The number of carboxylic acid groups (broad SMARTS) is 1. The number of aliphatic carboxylic acids is 1. The second-order valence-electron chi connectivity index (χ2n) is 3.80. The predicted molar refractivity (Wildman–Crippen MR) is 65.0 cm³/mol. The Morgan fingerprint density at radius 3 is 2.94 bits per heavy atom. The highest BCUT2D eigenvalue weighted by Crippen LogP contribution is 2.28. The summed E-state index contributed by atoms with van der Waals surface area (Å²) in [6, 6.07) is 5.72. The van der Waals surface area contributed by atoms with Crippen LogP contribution in [0.3, 0.4) is 0 Å². The molecule has 2 rings (SSSR count). The van der Waals surface area contributed by atoms with Crippen molar-refractivity contribution >= 4 is 17.6 Å². The monoisotopic (exact) mass is 250 g/mol. The minimum absolute atomic E-state index is 0.149. The third kappa shape index (κ3) is 2.65. The van der Waals surface area contributed by atoms with Crippen molar-refractivity contribution in [2.24, 2.45) is 0 Å². The van der Waals surface area contributed by atoms with Crippen LogP contribution in [0.2, 0.25) is 5.02 Å². The summed E-state index contributed by atoms with van der Waals surface area (Å²) in [7, 11) is 0. The molecule has 1 aromatic carbocycles. The number of carbonyl (C=O) groups is 1. The average Bonchev–Trinajstić information content (AvgIpc) is 2.65. The van der Waals surface area contributed by atoms with Gasteiger partial charge in [-0.1, -0.05) is 23.7 Å². The topological polar surface area (TPSA) is 55.1 Å². The molecule has 4 nitrogen and oxygen atoms in total. The number of hydrogen-bond donors (Lipinski definition) is 1. The lowest BCUT2D eigenvalue weighted by atomic mass is 10.1. The van der Waals surface area contributed by atoms with Crippen molar-refractivity contribution < 1.29 is 9.90 Å². The van der Waals surface area contributed by atoms with Crippen LogP contribution in [0.15, 0.2) is 30.6 Å². The molecule has 0 radical (unpaired) electrons. The van der Waals surface area contributed by atoms with Crippen LogP contribution in [0.5, 0.6) is 0 Å². The Hall–Kier alpha value is -1.81. The largest absolute Gasteiger partial charge is 0.480 e. The first-order valence-corrected chi connectivity index (χ1v) is 5.45. The zero-order valence-electron chi connectivity index (χ0n) is 9.22. The van der Waals surface area contributed by atoms with Gasteiger partial charge in [0.15, 0.2) is 0 Å². The van der Waals surface area contributed by atoms with E-state index >= 15 is 0 Å². The lowest BCUT2D eigenvalue weighted by molar-refractivity contribution is -0.137. The molecule has 0 spiro atoms. The molecule has 0 fully saturated rings. The minimum atomic E-state index is -0.922. The third-order valence-electron chi connectivity index (χ3n) is 2.37. The molecular weight excluding hydrogens is 240 g/mol. The molecule has 1 N–H and O–H groups in total. The zero-order valence-corrected chi connectivity index (χ0v) is 9.98. The SMILES string of the molecule is Cc1ccc(-c2cnn(CC(=O)O)c2)c(Cl)c1. The molecule has 1 heterocycles. The zero-order chi connectivity index (χ0) is 12.4. The Morgan fingerprint density at radius 1 is 1.53 bits per heavy atom. The van der Waals surface area contributed by atoms with Crippen molar-refractivity contribution in [1.29, 1.82) is 0 Å². The molecular formula is C12H11ClN2O2. The Morgan fingerprint density at radius 2 is 2.29 bits per heavy atom. The second kappa shape index (κ2) is 4.59. The molecule has 0 saturated heterocycles. The number of carboxylic acids is 1. The van der Waals surface area contributed by atoms with E-state index in [1.807, 2.05) is 25.1 Å². The molecule has 0 aliphatic rings. The van der Waals surface area contributed by atoms with Crippen molar-refractivity contribution in [2.45, 2.75) is 13.5 Å². The quantitative estimate of drug-likeness (QED) is 0.911. The number of benzene rings is 1. The van der Waals surface area contributed by atoms with Crippen molar-refractivity contribution in [3.8, 4) is 11.1 Å². The molecule has 0 bridgehead atoms. The highest BCUT2D eigenvalue weighted by Gasteiger charge is 2.07. The fourth-order valence-electron chi connectivity index (χ4n) is 1.58. The molecule has 1 aromatic heterocycles. The van der Waals surface area contributed by atoms with Gasteiger partial charge in [-0.25, -0.2) is 0 Å². The van der Waals surface area contributed by atoms with Crippen molar-refractivity contribution in [2.75, 3.05) is 0 Å². The molecule has 2 aromatic rings. The number of halogens is 1. The Labute approximate surface area is 103 Å². The third-order valence-corrected chi connectivity index (χ3v) is 2.68. The number of hydrogen-bond acceptors (Lipinski definition) is 2. The Kier molecular flexibility index (Phi) is 3.15. The Balaban J connectivity index is 2.33. The highest BCUT2D eigenvalue weighted by atomic mass is 35.5. The summed E-state index contributed by atoms with van der Waals surface area (Å²) in [4.78, 5) is 10.5. The first-order valence-electron chi connectivity index (χ1n) is 5.07. The van der Waals surface area contributed by atoms with Gasteiger partial charge < -0.3 is 5.11 Å². The molecule has 88 valence electrons. The van der Waals surface area contributed by atoms with E-state index in [-0.39, 0.29) is 6.54 Å². The van der Waals surface area contributed by atoms with E-state index in [9.17, 15) is 4.79 Å². The number of aryl methyl sites for hydroxylation is 1. The maximum absolute atomic E-state index is 10.5. The summed E-state index contributed by atoms with van der Waals surface area (Å²) in [5.41, 5.74) is 2.75. The van der Waals surface area contributed by atoms with Gasteiger partial charge in [-0.3, -0.25) is 9.48 Å². The van der Waals surface area contributed by atoms with Crippen molar-refractivity contribution in [3.63, 3.8) is 0 Å². The van der Waals surface area contributed by atoms with Crippen molar-refractivity contribution in [3.05, 3.63) is 41.2 Å². The van der Waals surface area contributed by atoms with E-state index in [0.29, 0.717) is 5.02 Å². The first kappa shape index (κ1) is 11.7. The molecule has 0 aliphatic carbocycles. The molecule has 0 aliphatic heterocycles. The highest BCUT2D eigenvalue weighted by molar-refractivity contribution is 6.33. The number of aromatic nitrogens is 2. The van der Waals surface area contributed by atoms with Crippen LogP contribution in [-0.2, 0) is 11.3 Å². The summed E-state index contributed by atoms with van der Waals surface area (Å²) < 4.78 is 1.37. The summed E-state index contributed by atoms with van der Waals surface area (Å²) >= 11 is 6.13. The van der Waals surface area contributed by atoms with Crippen LogP contribution < -0.4 is 0 Å². The van der Waals surface area contributed by atoms with Gasteiger partial charge in [0.1, 0.15) is 6.54 Å². The van der Waals surface area contributed by atoms with E-state index < -0.39 is 5.97 Å². The predicted octanol–water partition coefficient (Wildman–Crippen LogP) is 2.60. The van der Waals surface area contributed by atoms with E-state index in [0.717, 1.165) is 16.7 Å². The lowest BCUT2D eigenvalue weighted by Crippen LogP contribution is -2.08.